The van der Waals surface area contributed by atoms with E-state index in [0.717, 1.165) is 21.8 Å². The molecular formula is C18H18N2O2S2. The molecular weight excluding hydrogens is 340 g/mol. The summed E-state index contributed by atoms with van der Waals surface area (Å²) in [5.74, 6) is 0. The standard InChI is InChI=1S/C18H18N2O2S2/c1-13-8-9-16(17-12-23-14(2)20-17)10-18(13)24(21,22)19-11-15-6-4-3-5-7-15/h3-10,12,19H,11H2,1-2H3. The molecule has 24 heavy (non-hydrogen) atoms. The van der Waals surface area contributed by atoms with Crippen molar-refractivity contribution in [1.29, 1.82) is 0 Å². The maximum Gasteiger partial charge on any atom is 0.241 e. The van der Waals surface area contributed by atoms with E-state index in [2.05, 4.69) is 9.71 Å². The molecule has 0 saturated carbocycles. The molecule has 0 amide bonds. The third-order valence-corrected chi connectivity index (χ3v) is 6.02. The summed E-state index contributed by atoms with van der Waals surface area (Å²) >= 11 is 1.55. The predicted octanol–water partition coefficient (Wildman–Crippen LogP) is 3.91. The number of aryl methyl sites for hydroxylation is 2. The molecule has 0 spiro atoms. The van der Waals surface area contributed by atoms with Gasteiger partial charge in [-0.05, 0) is 31.0 Å². The minimum atomic E-state index is -3.59. The quantitative estimate of drug-likeness (QED) is 0.752. The lowest BCUT2D eigenvalue weighted by Crippen LogP contribution is -2.24. The molecule has 2 aromatic carbocycles. The molecule has 0 fully saturated rings. The van der Waals surface area contributed by atoms with Crippen molar-refractivity contribution < 1.29 is 8.42 Å². The topological polar surface area (TPSA) is 59.1 Å². The van der Waals surface area contributed by atoms with E-state index in [4.69, 9.17) is 0 Å². The summed E-state index contributed by atoms with van der Waals surface area (Å²) in [7, 11) is -3.59. The average molecular weight is 358 g/mol. The Morgan fingerprint density at radius 2 is 1.83 bits per heavy atom. The maximum atomic E-state index is 12.7. The van der Waals surface area contributed by atoms with Crippen LogP contribution in [0.3, 0.4) is 0 Å². The first kappa shape index (κ1) is 16.8. The van der Waals surface area contributed by atoms with Crippen LogP contribution >= 0.6 is 11.3 Å². The van der Waals surface area contributed by atoms with Crippen molar-refractivity contribution in [1.82, 2.24) is 9.71 Å². The molecule has 0 saturated heterocycles. The number of aromatic nitrogens is 1. The maximum absolute atomic E-state index is 12.7. The van der Waals surface area contributed by atoms with E-state index in [1.165, 1.54) is 0 Å². The van der Waals surface area contributed by atoms with Crippen LogP contribution < -0.4 is 4.72 Å². The Labute approximate surface area is 146 Å². The van der Waals surface area contributed by atoms with Crippen LogP contribution in [0.4, 0.5) is 0 Å². The highest BCUT2D eigenvalue weighted by Crippen LogP contribution is 2.26. The lowest BCUT2D eigenvalue weighted by Gasteiger charge is -2.11. The van der Waals surface area contributed by atoms with Gasteiger partial charge in [0.15, 0.2) is 0 Å². The molecule has 0 bridgehead atoms. The Bertz CT molecular complexity index is 948. The predicted molar refractivity (Wildman–Crippen MR) is 97.5 cm³/mol. The van der Waals surface area contributed by atoms with E-state index in [0.29, 0.717) is 10.5 Å². The number of benzene rings is 2. The molecule has 0 aliphatic heterocycles. The fourth-order valence-electron chi connectivity index (χ4n) is 2.40. The first-order chi connectivity index (χ1) is 11.5. The van der Waals surface area contributed by atoms with E-state index in [9.17, 15) is 8.42 Å². The van der Waals surface area contributed by atoms with Crippen LogP contribution in [-0.2, 0) is 16.6 Å². The highest BCUT2D eigenvalue weighted by Gasteiger charge is 2.18. The summed E-state index contributed by atoms with van der Waals surface area (Å²) in [5, 5.41) is 2.89. The third kappa shape index (κ3) is 3.72. The SMILES string of the molecule is Cc1nc(-c2ccc(C)c(S(=O)(=O)NCc3ccccc3)c2)cs1. The summed E-state index contributed by atoms with van der Waals surface area (Å²) in [5.41, 5.74) is 3.25. The van der Waals surface area contributed by atoms with Gasteiger partial charge in [0.05, 0.1) is 15.6 Å². The zero-order valence-electron chi connectivity index (χ0n) is 13.5. The van der Waals surface area contributed by atoms with Gasteiger partial charge in [-0.2, -0.15) is 0 Å². The Hall–Kier alpha value is -2.02. The second-order valence-corrected chi connectivity index (χ2v) is 8.34. The molecule has 3 aromatic rings. The number of hydrogen-bond donors (Lipinski definition) is 1. The number of nitrogens with one attached hydrogen (secondary N) is 1. The van der Waals surface area contributed by atoms with Crippen molar-refractivity contribution in [2.45, 2.75) is 25.3 Å². The van der Waals surface area contributed by atoms with Gasteiger partial charge in [-0.15, -0.1) is 11.3 Å². The Morgan fingerprint density at radius 3 is 2.50 bits per heavy atom. The van der Waals surface area contributed by atoms with E-state index in [-0.39, 0.29) is 6.54 Å². The van der Waals surface area contributed by atoms with E-state index >= 15 is 0 Å². The molecule has 0 unspecified atom stereocenters. The molecule has 0 aliphatic rings. The zero-order chi connectivity index (χ0) is 17.2. The smallest absolute Gasteiger partial charge is 0.241 e. The van der Waals surface area contributed by atoms with Crippen LogP contribution in [0.1, 0.15) is 16.1 Å². The molecule has 1 N–H and O–H groups in total. The monoisotopic (exact) mass is 358 g/mol. The van der Waals surface area contributed by atoms with E-state index in [1.54, 1.807) is 24.3 Å². The number of nitrogens with zero attached hydrogens (tertiary/aromatic N) is 1. The summed E-state index contributed by atoms with van der Waals surface area (Å²) in [4.78, 5) is 4.72. The van der Waals surface area contributed by atoms with Crippen LogP contribution in [-0.4, -0.2) is 13.4 Å². The van der Waals surface area contributed by atoms with Crippen LogP contribution in [0.25, 0.3) is 11.3 Å². The van der Waals surface area contributed by atoms with Crippen molar-refractivity contribution in [2.75, 3.05) is 0 Å². The van der Waals surface area contributed by atoms with Gasteiger partial charge in [0.1, 0.15) is 0 Å². The van der Waals surface area contributed by atoms with Crippen molar-refractivity contribution in [2.24, 2.45) is 0 Å². The Balaban J connectivity index is 1.89. The van der Waals surface area contributed by atoms with Crippen molar-refractivity contribution in [3.63, 3.8) is 0 Å². The normalized spacial score (nSPS) is 11.6. The number of thiazole rings is 1. The summed E-state index contributed by atoms with van der Waals surface area (Å²) < 4.78 is 28.0. The van der Waals surface area contributed by atoms with Gasteiger partial charge in [-0.3, -0.25) is 0 Å². The molecule has 124 valence electrons. The van der Waals surface area contributed by atoms with Gasteiger partial charge in [0.25, 0.3) is 0 Å². The molecule has 0 aliphatic carbocycles. The molecule has 6 heteroatoms. The van der Waals surface area contributed by atoms with Crippen LogP contribution in [0.5, 0.6) is 0 Å². The third-order valence-electron chi connectivity index (χ3n) is 3.70. The average Bonchev–Trinajstić information content (AvgIpc) is 3.01. The molecule has 0 radical (unpaired) electrons. The zero-order valence-corrected chi connectivity index (χ0v) is 15.1. The highest BCUT2D eigenvalue weighted by atomic mass is 32.2. The molecule has 1 aromatic heterocycles. The van der Waals surface area contributed by atoms with Gasteiger partial charge in [-0.1, -0.05) is 42.5 Å². The largest absolute Gasteiger partial charge is 0.242 e. The van der Waals surface area contributed by atoms with Gasteiger partial charge in [-0.25, -0.2) is 18.1 Å². The first-order valence-corrected chi connectivity index (χ1v) is 9.89. The lowest BCUT2D eigenvalue weighted by molar-refractivity contribution is 0.580. The van der Waals surface area contributed by atoms with Crippen molar-refractivity contribution in [3.8, 4) is 11.3 Å². The van der Waals surface area contributed by atoms with Gasteiger partial charge < -0.3 is 0 Å². The highest BCUT2D eigenvalue weighted by molar-refractivity contribution is 7.89. The second kappa shape index (κ2) is 6.84. The molecule has 1 heterocycles. The molecule has 4 nitrogen and oxygen atoms in total. The number of sulfonamides is 1. The Morgan fingerprint density at radius 1 is 1.08 bits per heavy atom. The van der Waals surface area contributed by atoms with Gasteiger partial charge in [0.2, 0.25) is 10.0 Å². The molecule has 3 rings (SSSR count). The minimum absolute atomic E-state index is 0.267. The minimum Gasteiger partial charge on any atom is -0.242 e. The van der Waals surface area contributed by atoms with E-state index < -0.39 is 10.0 Å². The second-order valence-electron chi connectivity index (χ2n) is 5.54. The van der Waals surface area contributed by atoms with Gasteiger partial charge in [0, 0.05) is 17.5 Å². The van der Waals surface area contributed by atoms with Crippen LogP contribution in [0, 0.1) is 13.8 Å². The van der Waals surface area contributed by atoms with Crippen molar-refractivity contribution in [3.05, 3.63) is 70.0 Å². The summed E-state index contributed by atoms with van der Waals surface area (Å²) in [6.07, 6.45) is 0. The molecule has 0 atom stereocenters. The fraction of sp³-hybridized carbons (Fsp3) is 0.167. The number of rotatable bonds is 5. The fourth-order valence-corrected chi connectivity index (χ4v) is 4.31. The first-order valence-electron chi connectivity index (χ1n) is 7.52. The summed E-state index contributed by atoms with van der Waals surface area (Å²) in [6, 6.07) is 14.9. The lowest BCUT2D eigenvalue weighted by atomic mass is 10.1. The van der Waals surface area contributed by atoms with Crippen LogP contribution in [0.15, 0.2) is 58.8 Å². The summed E-state index contributed by atoms with van der Waals surface area (Å²) in [6.45, 7) is 4.00. The van der Waals surface area contributed by atoms with Crippen molar-refractivity contribution >= 4 is 21.4 Å². The Kier molecular flexibility index (Phi) is 4.80. The number of hydrogen-bond acceptors (Lipinski definition) is 4. The van der Waals surface area contributed by atoms with Crippen LogP contribution in [0.2, 0.25) is 0 Å². The van der Waals surface area contributed by atoms with Gasteiger partial charge >= 0.3 is 0 Å². The van der Waals surface area contributed by atoms with E-state index in [1.807, 2.05) is 54.8 Å².